The Bertz CT molecular complexity index is 1100. The number of anilines is 2. The van der Waals surface area contributed by atoms with Crippen molar-refractivity contribution < 1.29 is 13.5 Å². The highest BCUT2D eigenvalue weighted by Crippen LogP contribution is 2.45. The fourth-order valence-electron chi connectivity index (χ4n) is 3.25. The number of ether oxygens (including phenoxy) is 1. The minimum absolute atomic E-state index is 0.0579. The molecule has 4 N–H and O–H groups in total. The molecule has 0 fully saturated rings. The second kappa shape index (κ2) is 5.83. The number of nitrogens with one attached hydrogen (secondary N) is 4. The summed E-state index contributed by atoms with van der Waals surface area (Å²) >= 11 is 0. The van der Waals surface area contributed by atoms with E-state index < -0.39 is 23.8 Å². The summed E-state index contributed by atoms with van der Waals surface area (Å²) in [5.74, 6) is -0.254. The molecule has 1 aromatic carbocycles. The van der Waals surface area contributed by atoms with Crippen molar-refractivity contribution in [3.8, 4) is 5.75 Å². The van der Waals surface area contributed by atoms with E-state index in [0.29, 0.717) is 22.6 Å². The molecule has 0 bridgehead atoms. The summed E-state index contributed by atoms with van der Waals surface area (Å²) in [7, 11) is 0. The van der Waals surface area contributed by atoms with Gasteiger partial charge in [0.05, 0.1) is 11.5 Å². The average molecular weight is 361 g/mol. The Labute approximate surface area is 144 Å². The van der Waals surface area contributed by atoms with Gasteiger partial charge in [-0.2, -0.15) is 13.9 Å². The van der Waals surface area contributed by atoms with Crippen molar-refractivity contribution in [1.29, 1.82) is 0 Å². The maximum absolute atomic E-state index is 12.8. The number of hydrogen-bond acceptors (Lipinski definition) is 5. The van der Waals surface area contributed by atoms with Crippen LogP contribution in [0.1, 0.15) is 28.3 Å². The highest BCUT2D eigenvalue weighted by atomic mass is 19.3. The zero-order valence-corrected chi connectivity index (χ0v) is 13.4. The summed E-state index contributed by atoms with van der Waals surface area (Å²) in [5, 5.41) is 9.82. The molecule has 8 nitrogen and oxygen atoms in total. The first kappa shape index (κ1) is 16.1. The third-order valence-electron chi connectivity index (χ3n) is 4.24. The molecule has 26 heavy (non-hydrogen) atoms. The first-order valence-electron chi connectivity index (χ1n) is 7.68. The highest BCUT2D eigenvalue weighted by Gasteiger charge is 2.35. The maximum atomic E-state index is 12.8. The molecule has 1 aliphatic heterocycles. The van der Waals surface area contributed by atoms with Gasteiger partial charge in [-0.1, -0.05) is 18.2 Å². The molecule has 3 heterocycles. The molecule has 1 atom stereocenters. The van der Waals surface area contributed by atoms with Gasteiger partial charge in [0.2, 0.25) is 0 Å². The lowest BCUT2D eigenvalue weighted by Crippen LogP contribution is -2.32. The smallest absolute Gasteiger partial charge is 0.387 e. The van der Waals surface area contributed by atoms with Crippen LogP contribution in [0.2, 0.25) is 0 Å². The van der Waals surface area contributed by atoms with Crippen molar-refractivity contribution >= 4 is 11.6 Å². The zero-order chi connectivity index (χ0) is 18.4. The lowest BCUT2D eigenvalue weighted by Gasteiger charge is -2.26. The van der Waals surface area contributed by atoms with Crippen LogP contribution in [-0.2, 0) is 0 Å². The quantitative estimate of drug-likeness (QED) is 0.445. The molecule has 0 radical (unpaired) electrons. The van der Waals surface area contributed by atoms with Crippen molar-refractivity contribution in [2.24, 2.45) is 0 Å². The van der Waals surface area contributed by atoms with Crippen LogP contribution >= 0.6 is 0 Å². The SMILES string of the molecule is Cc1[nH]nc2c1C(c1ccccc1OC(F)F)c1c([nH]c(=O)[nH]c1=O)N2. The normalized spacial score (nSPS) is 15.3. The van der Waals surface area contributed by atoms with Crippen molar-refractivity contribution in [2.75, 3.05) is 5.32 Å². The number of para-hydroxylation sites is 1. The second-order valence-corrected chi connectivity index (χ2v) is 5.78. The van der Waals surface area contributed by atoms with Crippen LogP contribution < -0.4 is 21.3 Å². The molecule has 1 aliphatic rings. The number of hydrogen-bond donors (Lipinski definition) is 4. The molecule has 3 aromatic rings. The maximum Gasteiger partial charge on any atom is 0.387 e. The van der Waals surface area contributed by atoms with E-state index in [-0.39, 0.29) is 17.1 Å². The lowest BCUT2D eigenvalue weighted by atomic mass is 9.83. The van der Waals surface area contributed by atoms with E-state index in [4.69, 9.17) is 0 Å². The second-order valence-electron chi connectivity index (χ2n) is 5.78. The van der Waals surface area contributed by atoms with E-state index in [2.05, 4.69) is 30.2 Å². The number of aromatic nitrogens is 4. The fraction of sp³-hybridized carbons (Fsp3) is 0.188. The number of rotatable bonds is 3. The van der Waals surface area contributed by atoms with E-state index in [0.717, 1.165) is 0 Å². The Morgan fingerprint density at radius 2 is 1.92 bits per heavy atom. The first-order chi connectivity index (χ1) is 12.5. The van der Waals surface area contributed by atoms with Gasteiger partial charge in [-0.3, -0.25) is 19.9 Å². The molecule has 0 saturated carbocycles. The predicted octanol–water partition coefficient (Wildman–Crippen LogP) is 1.93. The van der Waals surface area contributed by atoms with Gasteiger partial charge in [0.25, 0.3) is 5.56 Å². The molecule has 134 valence electrons. The third kappa shape index (κ3) is 2.46. The molecular weight excluding hydrogens is 348 g/mol. The number of fused-ring (bicyclic) bond motifs is 2. The molecule has 10 heteroatoms. The standard InChI is InChI=1S/C16H13F2N5O3/c1-6-9-10(7-4-2-3-5-8(7)26-15(17)18)11-12(19-13(9)23-22-6)20-16(25)21-14(11)24/h2-5,10,15H,1H3,(H4,19,20,21,22,23,24,25). The van der Waals surface area contributed by atoms with Gasteiger partial charge in [-0.25, -0.2) is 4.79 Å². The summed E-state index contributed by atoms with van der Waals surface area (Å²) in [6.07, 6.45) is 0. The number of H-pyrrole nitrogens is 3. The van der Waals surface area contributed by atoms with E-state index in [1.54, 1.807) is 25.1 Å². The molecule has 0 spiro atoms. The van der Waals surface area contributed by atoms with Crippen LogP contribution in [0.5, 0.6) is 5.75 Å². The molecule has 4 rings (SSSR count). The van der Waals surface area contributed by atoms with Gasteiger partial charge >= 0.3 is 12.3 Å². The number of benzene rings is 1. The molecule has 2 aromatic heterocycles. The highest BCUT2D eigenvalue weighted by molar-refractivity contribution is 5.72. The molecule has 1 unspecified atom stereocenters. The fourth-order valence-corrected chi connectivity index (χ4v) is 3.25. The molecular formula is C16H13F2N5O3. The van der Waals surface area contributed by atoms with Crippen LogP contribution in [0.25, 0.3) is 0 Å². The van der Waals surface area contributed by atoms with Crippen LogP contribution in [0.3, 0.4) is 0 Å². The Kier molecular flexibility index (Phi) is 3.60. The molecule has 0 amide bonds. The molecule has 0 aliphatic carbocycles. The number of aryl methyl sites for hydroxylation is 1. The lowest BCUT2D eigenvalue weighted by molar-refractivity contribution is -0.0504. The van der Waals surface area contributed by atoms with Crippen molar-refractivity contribution in [3.05, 3.63) is 67.5 Å². The predicted molar refractivity (Wildman–Crippen MR) is 88.3 cm³/mol. The summed E-state index contributed by atoms with van der Waals surface area (Å²) < 4.78 is 30.3. The van der Waals surface area contributed by atoms with Gasteiger partial charge in [0.1, 0.15) is 11.6 Å². The monoisotopic (exact) mass is 361 g/mol. The average Bonchev–Trinajstić information content (AvgIpc) is 2.94. The Balaban J connectivity index is 2.02. The minimum atomic E-state index is -3.02. The van der Waals surface area contributed by atoms with Gasteiger partial charge in [0, 0.05) is 16.8 Å². The van der Waals surface area contributed by atoms with E-state index in [9.17, 15) is 18.4 Å². The number of aromatic amines is 3. The Morgan fingerprint density at radius 1 is 1.15 bits per heavy atom. The van der Waals surface area contributed by atoms with Crippen LogP contribution in [-0.4, -0.2) is 26.8 Å². The third-order valence-corrected chi connectivity index (χ3v) is 4.24. The van der Waals surface area contributed by atoms with Crippen molar-refractivity contribution in [1.82, 2.24) is 20.2 Å². The summed E-state index contributed by atoms with van der Waals surface area (Å²) in [5.41, 5.74) is 0.499. The van der Waals surface area contributed by atoms with Gasteiger partial charge < -0.3 is 10.1 Å². The van der Waals surface area contributed by atoms with E-state index >= 15 is 0 Å². The topological polar surface area (TPSA) is 116 Å². The number of halogens is 2. The van der Waals surface area contributed by atoms with Crippen LogP contribution in [0.15, 0.2) is 33.9 Å². The van der Waals surface area contributed by atoms with Gasteiger partial charge in [0.15, 0.2) is 5.82 Å². The van der Waals surface area contributed by atoms with Crippen molar-refractivity contribution in [2.45, 2.75) is 19.5 Å². The van der Waals surface area contributed by atoms with Crippen LogP contribution in [0.4, 0.5) is 20.4 Å². The number of nitrogens with zero attached hydrogens (tertiary/aromatic N) is 1. The van der Waals surface area contributed by atoms with Crippen molar-refractivity contribution in [3.63, 3.8) is 0 Å². The van der Waals surface area contributed by atoms with E-state index in [1.807, 2.05) is 0 Å². The van der Waals surface area contributed by atoms with E-state index in [1.165, 1.54) is 6.07 Å². The minimum Gasteiger partial charge on any atom is -0.435 e. The van der Waals surface area contributed by atoms with Crippen LogP contribution in [0, 0.1) is 6.92 Å². The summed E-state index contributed by atoms with van der Waals surface area (Å²) in [6.45, 7) is -1.27. The number of alkyl halides is 2. The summed E-state index contributed by atoms with van der Waals surface area (Å²) in [4.78, 5) is 28.8. The van der Waals surface area contributed by atoms with Gasteiger partial charge in [-0.05, 0) is 13.0 Å². The largest absolute Gasteiger partial charge is 0.435 e. The first-order valence-corrected chi connectivity index (χ1v) is 7.68. The van der Waals surface area contributed by atoms with Gasteiger partial charge in [-0.15, -0.1) is 0 Å². The summed E-state index contributed by atoms with van der Waals surface area (Å²) in [6, 6.07) is 6.21. The zero-order valence-electron chi connectivity index (χ0n) is 13.4. The Hall–Kier alpha value is -3.43. The Morgan fingerprint density at radius 3 is 2.69 bits per heavy atom. The molecule has 0 saturated heterocycles.